The van der Waals surface area contributed by atoms with Crippen molar-refractivity contribution in [1.29, 1.82) is 0 Å². The normalized spacial score (nSPS) is 15.9. The number of carbonyl (C=O) groups is 2. The summed E-state index contributed by atoms with van der Waals surface area (Å²) in [7, 11) is 0. The van der Waals surface area contributed by atoms with Crippen molar-refractivity contribution in [2.45, 2.75) is 94.4 Å². The molecule has 1 atom stereocenters. The van der Waals surface area contributed by atoms with Crippen LogP contribution in [0.1, 0.15) is 90.0 Å². The van der Waals surface area contributed by atoms with Gasteiger partial charge in [0.25, 0.3) is 0 Å². The maximum absolute atomic E-state index is 10.8. The summed E-state index contributed by atoms with van der Waals surface area (Å²) in [5, 5.41) is 21.0. The number of hydrogen-bond donors (Lipinski definition) is 0. The Morgan fingerprint density at radius 3 is 1.55 bits per heavy atom. The number of carboxylic acid groups (broad SMARTS) is 2. The Labute approximate surface area is 284 Å². The van der Waals surface area contributed by atoms with Crippen LogP contribution in [0.25, 0.3) is 0 Å². The molecule has 0 radical (unpaired) electrons. The molecule has 0 aromatic heterocycles. The zero-order valence-corrected chi connectivity index (χ0v) is 28.7. The fraction of sp³-hybridized carbons (Fsp3) is 0.429. The maximum atomic E-state index is 10.8. The smallest absolute Gasteiger partial charge is 0.870 e. The van der Waals surface area contributed by atoms with Crippen LogP contribution in [0.15, 0.2) is 97.2 Å². The van der Waals surface area contributed by atoms with E-state index in [9.17, 15) is 19.8 Å². The summed E-state index contributed by atoms with van der Waals surface area (Å²) in [5.74, 6) is -1.63. The molecule has 1 aliphatic rings. The van der Waals surface area contributed by atoms with E-state index in [1.54, 1.807) is 12.1 Å². The molecule has 1 saturated carbocycles. The number of alkyl halides is 2. The van der Waals surface area contributed by atoms with Crippen LogP contribution in [0.2, 0.25) is 0 Å². The summed E-state index contributed by atoms with van der Waals surface area (Å²) in [5.41, 5.74) is -0.331. The Kier molecular flexibility index (Phi) is 24.5. The Balaban J connectivity index is 0. The second-order valence-electron chi connectivity index (χ2n) is 10.3. The molecule has 238 valence electrons. The molecule has 6 nitrogen and oxygen atoms in total. The summed E-state index contributed by atoms with van der Waals surface area (Å²) in [6.07, 6.45) is 32.8. The molecule has 1 aromatic carbocycles. The standard InChI is InChI=1S/C22H32O2.C13H14Cl2O3.Al.H2O/c1-2-3-4-5-6-7-8-9-10-11-12-13-14-15-16-17-18-19-20-21-22(23)24;1-12(2,11(16)17)18-9-5-3-8(4-6-9)10-7-13(10,14)15;;/h3-4,6-7,9-10,12-13,15-16,18-19H,2,5,8,11,14,17,20-21H2,1H3,(H,23,24);3-6,10H,7H2,1-2H3,(H,16,17);;1H2/q;;+3;/p-3/b4-3+,7-6+,10-9+,13-12+,16-15+,19-18+;;;. The molecule has 1 fully saturated rings. The number of benzene rings is 1. The first kappa shape index (κ1) is 43.6. The predicted molar refractivity (Wildman–Crippen MR) is 178 cm³/mol. The van der Waals surface area contributed by atoms with Crippen molar-refractivity contribution in [3.8, 4) is 5.75 Å². The average molecular weight is 660 g/mol. The number of hydrogen-bond acceptors (Lipinski definition) is 6. The summed E-state index contributed by atoms with van der Waals surface area (Å²) in [6, 6.07) is 7.11. The number of allylic oxidation sites excluding steroid dienone is 12. The van der Waals surface area contributed by atoms with E-state index in [1.165, 1.54) is 13.8 Å². The topological polar surface area (TPSA) is 119 Å². The summed E-state index contributed by atoms with van der Waals surface area (Å²) in [4.78, 5) is 21.0. The second-order valence-corrected chi connectivity index (χ2v) is 11.9. The quantitative estimate of drug-likeness (QED) is 0.0960. The molecule has 0 aliphatic heterocycles. The molecule has 0 heterocycles. The Morgan fingerprint density at radius 2 is 1.20 bits per heavy atom. The van der Waals surface area contributed by atoms with Crippen molar-refractivity contribution in [3.05, 3.63) is 103 Å². The summed E-state index contributed by atoms with van der Waals surface area (Å²) >= 11 is 12.0. The number of ether oxygens (including phenoxy) is 1. The van der Waals surface area contributed by atoms with E-state index in [1.807, 2.05) is 24.3 Å². The average Bonchev–Trinajstić information content (AvgIpc) is 3.58. The first-order chi connectivity index (χ1) is 20.0. The fourth-order valence-electron chi connectivity index (χ4n) is 3.52. The van der Waals surface area contributed by atoms with Crippen LogP contribution in [0.3, 0.4) is 0 Å². The molecule has 0 spiro atoms. The van der Waals surface area contributed by atoms with Gasteiger partial charge in [0.15, 0.2) is 0 Å². The number of aliphatic carboxylic acids is 2. The van der Waals surface area contributed by atoms with Crippen LogP contribution in [0, 0.1) is 0 Å². The number of carboxylic acids is 2. The maximum Gasteiger partial charge on any atom is 3.00 e. The molecule has 0 bridgehead atoms. The van der Waals surface area contributed by atoms with Gasteiger partial charge < -0.3 is 30.0 Å². The van der Waals surface area contributed by atoms with Gasteiger partial charge in [0.1, 0.15) is 15.7 Å². The van der Waals surface area contributed by atoms with Gasteiger partial charge in [0.2, 0.25) is 0 Å². The van der Waals surface area contributed by atoms with Gasteiger partial charge in [-0.15, -0.1) is 23.2 Å². The third-order valence-corrected chi connectivity index (χ3v) is 6.92. The molecule has 1 N–H and O–H groups in total. The minimum absolute atomic E-state index is 0. The monoisotopic (exact) mass is 658 g/mol. The number of carbonyl (C=O) groups excluding carboxylic acids is 2. The molecule has 2 rings (SSSR count). The molecule has 1 unspecified atom stereocenters. The van der Waals surface area contributed by atoms with Crippen LogP contribution in [0.5, 0.6) is 5.75 Å². The largest absolute Gasteiger partial charge is 3.00 e. The van der Waals surface area contributed by atoms with Crippen molar-refractivity contribution >= 4 is 52.5 Å². The van der Waals surface area contributed by atoms with Gasteiger partial charge in [0, 0.05) is 11.9 Å². The van der Waals surface area contributed by atoms with Crippen molar-refractivity contribution in [3.63, 3.8) is 0 Å². The van der Waals surface area contributed by atoms with Crippen molar-refractivity contribution in [1.82, 2.24) is 0 Å². The van der Waals surface area contributed by atoms with Crippen LogP contribution in [0.4, 0.5) is 0 Å². The van der Waals surface area contributed by atoms with Crippen LogP contribution in [-0.4, -0.2) is 44.7 Å². The number of rotatable bonds is 18. The van der Waals surface area contributed by atoms with Crippen LogP contribution >= 0.6 is 23.2 Å². The molecule has 44 heavy (non-hydrogen) atoms. The zero-order valence-electron chi connectivity index (χ0n) is 26.0. The molecular formula is C35H45AlCl2O6. The Bertz CT molecular complexity index is 1120. The Hall–Kier alpha value is -2.53. The van der Waals surface area contributed by atoms with Crippen LogP contribution in [-0.2, 0) is 9.59 Å². The van der Waals surface area contributed by atoms with Gasteiger partial charge in [-0.3, -0.25) is 0 Å². The van der Waals surface area contributed by atoms with E-state index < -0.39 is 21.9 Å². The van der Waals surface area contributed by atoms with Crippen molar-refractivity contribution < 1.29 is 30.0 Å². The van der Waals surface area contributed by atoms with Gasteiger partial charge in [-0.05, 0) is 89.3 Å². The SMILES string of the molecule is CC(C)(Oc1ccc(C2CC2(Cl)Cl)cc1)C(=O)[O-].CC/C=C/C/C=C/C/C=C/C/C=C/C/C=C/C/C=C/CCC(=O)[O-].[Al+3].[OH-]. The van der Waals surface area contributed by atoms with Gasteiger partial charge in [0.05, 0.1) is 5.97 Å². The second kappa shape index (κ2) is 24.8. The molecule has 0 saturated heterocycles. The van der Waals surface area contributed by atoms with Crippen molar-refractivity contribution in [2.24, 2.45) is 0 Å². The van der Waals surface area contributed by atoms with E-state index >= 15 is 0 Å². The minimum Gasteiger partial charge on any atom is -0.870 e. The fourth-order valence-corrected chi connectivity index (χ4v) is 4.08. The molecular weight excluding hydrogens is 614 g/mol. The third kappa shape index (κ3) is 21.2. The third-order valence-electron chi connectivity index (χ3n) is 6.08. The molecule has 1 aromatic rings. The summed E-state index contributed by atoms with van der Waals surface area (Å²) in [6.45, 7) is 5.03. The van der Waals surface area contributed by atoms with E-state index in [0.29, 0.717) is 12.2 Å². The first-order valence-corrected chi connectivity index (χ1v) is 15.2. The molecule has 9 heteroatoms. The first-order valence-electron chi connectivity index (χ1n) is 14.5. The van der Waals surface area contributed by atoms with E-state index in [-0.39, 0.29) is 35.2 Å². The summed E-state index contributed by atoms with van der Waals surface area (Å²) < 4.78 is 4.68. The number of halogens is 2. The molecule has 0 amide bonds. The van der Waals surface area contributed by atoms with Crippen LogP contribution < -0.4 is 14.9 Å². The van der Waals surface area contributed by atoms with Gasteiger partial charge >= 0.3 is 17.4 Å². The zero-order chi connectivity index (χ0) is 31.3. The van der Waals surface area contributed by atoms with E-state index in [0.717, 1.165) is 50.5 Å². The minimum atomic E-state index is -1.36. The van der Waals surface area contributed by atoms with E-state index in [2.05, 4.69) is 67.7 Å². The van der Waals surface area contributed by atoms with Gasteiger partial charge in [-0.25, -0.2) is 0 Å². The molecule has 1 aliphatic carbocycles. The van der Waals surface area contributed by atoms with Gasteiger partial charge in [-0.2, -0.15) is 0 Å². The van der Waals surface area contributed by atoms with Crippen molar-refractivity contribution in [2.75, 3.05) is 0 Å². The Morgan fingerprint density at radius 1 is 0.818 bits per heavy atom. The predicted octanol–water partition coefficient (Wildman–Crippen LogP) is 6.91. The van der Waals surface area contributed by atoms with Gasteiger partial charge in [-0.1, -0.05) is 92.0 Å². The van der Waals surface area contributed by atoms with E-state index in [4.69, 9.17) is 27.9 Å².